The molecular weight excluding hydrogens is 257 g/mol. The molecule has 0 amide bonds. The smallest absolute Gasteiger partial charge is 0.152 e. The summed E-state index contributed by atoms with van der Waals surface area (Å²) in [6.07, 6.45) is 5.10. The summed E-state index contributed by atoms with van der Waals surface area (Å²) in [4.78, 5) is 4.24. The maximum Gasteiger partial charge on any atom is 0.152 e. The van der Waals surface area contributed by atoms with Crippen molar-refractivity contribution in [1.29, 1.82) is 0 Å². The number of hydrogen-bond acceptors (Lipinski definition) is 4. The fourth-order valence-corrected chi connectivity index (χ4v) is 2.03. The van der Waals surface area contributed by atoms with Gasteiger partial charge in [-0.3, -0.25) is 0 Å². The Kier molecular flexibility index (Phi) is 3.30. The van der Waals surface area contributed by atoms with Gasteiger partial charge < -0.3 is 11.1 Å². The van der Waals surface area contributed by atoms with Gasteiger partial charge in [0, 0.05) is 31.0 Å². The van der Waals surface area contributed by atoms with Gasteiger partial charge in [-0.15, -0.1) is 0 Å². The van der Waals surface area contributed by atoms with E-state index in [1.54, 1.807) is 29.2 Å². The van der Waals surface area contributed by atoms with E-state index in [2.05, 4.69) is 15.4 Å². The number of aromatic nitrogens is 3. The van der Waals surface area contributed by atoms with E-state index >= 15 is 0 Å². The van der Waals surface area contributed by atoms with Crippen molar-refractivity contribution >= 4 is 11.3 Å². The van der Waals surface area contributed by atoms with Crippen molar-refractivity contribution in [3.63, 3.8) is 0 Å². The van der Waals surface area contributed by atoms with Gasteiger partial charge >= 0.3 is 0 Å². The lowest BCUT2D eigenvalue weighted by atomic mass is 10.1. The Morgan fingerprint density at radius 2 is 2.15 bits per heavy atom. The number of fused-ring (bicyclic) bond motifs is 1. The second kappa shape index (κ2) is 5.26. The third-order valence-electron chi connectivity index (χ3n) is 3.12. The Bertz CT molecular complexity index is 737. The van der Waals surface area contributed by atoms with Gasteiger partial charge in [-0.1, -0.05) is 12.1 Å². The van der Waals surface area contributed by atoms with Crippen LogP contribution in [-0.2, 0) is 13.1 Å². The van der Waals surface area contributed by atoms with Crippen LogP contribution < -0.4 is 11.1 Å². The molecule has 3 rings (SSSR count). The number of benzene rings is 1. The molecule has 3 N–H and O–H groups in total. The first-order chi connectivity index (χ1) is 9.78. The maximum absolute atomic E-state index is 13.9. The Hall–Kier alpha value is -2.47. The normalized spacial score (nSPS) is 10.9. The van der Waals surface area contributed by atoms with Crippen LogP contribution in [-0.4, -0.2) is 14.6 Å². The minimum absolute atomic E-state index is 0.263. The highest BCUT2D eigenvalue weighted by atomic mass is 19.1. The minimum atomic E-state index is -0.263. The fourth-order valence-electron chi connectivity index (χ4n) is 2.03. The first-order valence-electron chi connectivity index (χ1n) is 6.27. The average Bonchev–Trinajstić information content (AvgIpc) is 2.95. The Balaban J connectivity index is 1.81. The van der Waals surface area contributed by atoms with Crippen molar-refractivity contribution in [2.24, 2.45) is 5.73 Å². The molecule has 0 unspecified atom stereocenters. The third kappa shape index (κ3) is 2.33. The highest BCUT2D eigenvalue weighted by Gasteiger charge is 2.06. The second-order valence-corrected chi connectivity index (χ2v) is 4.42. The predicted molar refractivity (Wildman–Crippen MR) is 74.6 cm³/mol. The van der Waals surface area contributed by atoms with E-state index in [9.17, 15) is 4.39 Å². The van der Waals surface area contributed by atoms with Gasteiger partial charge in [-0.2, -0.15) is 5.10 Å². The van der Waals surface area contributed by atoms with Crippen LogP contribution in [0.25, 0.3) is 5.52 Å². The molecule has 0 aliphatic carbocycles. The molecule has 0 saturated carbocycles. The molecule has 2 aromatic heterocycles. The summed E-state index contributed by atoms with van der Waals surface area (Å²) in [7, 11) is 0. The van der Waals surface area contributed by atoms with Gasteiger partial charge in [-0.05, 0) is 17.7 Å². The summed E-state index contributed by atoms with van der Waals surface area (Å²) in [5, 5.41) is 7.25. The van der Waals surface area contributed by atoms with Gasteiger partial charge in [0.2, 0.25) is 0 Å². The van der Waals surface area contributed by atoms with E-state index in [1.165, 1.54) is 6.07 Å². The van der Waals surface area contributed by atoms with Gasteiger partial charge in [0.1, 0.15) is 11.3 Å². The monoisotopic (exact) mass is 271 g/mol. The minimum Gasteiger partial charge on any atom is -0.364 e. The third-order valence-corrected chi connectivity index (χ3v) is 3.12. The molecule has 6 heteroatoms. The van der Waals surface area contributed by atoms with Crippen LogP contribution in [0.3, 0.4) is 0 Å². The molecule has 0 radical (unpaired) electrons. The lowest BCUT2D eigenvalue weighted by Crippen LogP contribution is -2.06. The molecule has 102 valence electrons. The topological polar surface area (TPSA) is 68.2 Å². The Morgan fingerprint density at radius 1 is 1.25 bits per heavy atom. The van der Waals surface area contributed by atoms with Crippen LogP contribution in [0.4, 0.5) is 10.2 Å². The number of hydrogen-bond donors (Lipinski definition) is 2. The zero-order chi connectivity index (χ0) is 13.9. The van der Waals surface area contributed by atoms with Crippen LogP contribution >= 0.6 is 0 Å². The Labute approximate surface area is 115 Å². The van der Waals surface area contributed by atoms with E-state index in [0.29, 0.717) is 24.5 Å². The average molecular weight is 271 g/mol. The van der Waals surface area contributed by atoms with Gasteiger partial charge in [0.25, 0.3) is 0 Å². The number of halogens is 1. The van der Waals surface area contributed by atoms with Crippen molar-refractivity contribution in [3.05, 3.63) is 59.8 Å². The summed E-state index contributed by atoms with van der Waals surface area (Å²) in [6.45, 7) is 0.690. The summed E-state index contributed by atoms with van der Waals surface area (Å²) >= 11 is 0. The maximum atomic E-state index is 13.9. The number of nitrogens with one attached hydrogen (secondary N) is 1. The fraction of sp³-hybridized carbons (Fsp3) is 0.143. The zero-order valence-corrected chi connectivity index (χ0v) is 10.8. The number of nitrogens with two attached hydrogens (primary N) is 1. The van der Waals surface area contributed by atoms with Crippen molar-refractivity contribution in [1.82, 2.24) is 14.6 Å². The molecule has 0 aliphatic rings. The van der Waals surface area contributed by atoms with E-state index in [1.807, 2.05) is 12.1 Å². The van der Waals surface area contributed by atoms with E-state index < -0.39 is 0 Å². The molecule has 0 spiro atoms. The molecule has 20 heavy (non-hydrogen) atoms. The van der Waals surface area contributed by atoms with Crippen molar-refractivity contribution in [2.75, 3.05) is 5.32 Å². The van der Waals surface area contributed by atoms with Crippen LogP contribution in [0.15, 0.2) is 42.9 Å². The molecule has 2 heterocycles. The number of rotatable bonds is 4. The van der Waals surface area contributed by atoms with Crippen LogP contribution in [0.1, 0.15) is 11.1 Å². The molecule has 0 aliphatic heterocycles. The largest absolute Gasteiger partial charge is 0.364 e. The predicted octanol–water partition coefficient (Wildman–Crippen LogP) is 1.94. The van der Waals surface area contributed by atoms with Crippen LogP contribution in [0.5, 0.6) is 0 Å². The van der Waals surface area contributed by atoms with Gasteiger partial charge in [-0.25, -0.2) is 13.9 Å². The lowest BCUT2D eigenvalue weighted by molar-refractivity contribution is 0.610. The van der Waals surface area contributed by atoms with E-state index in [4.69, 9.17) is 5.73 Å². The Morgan fingerprint density at radius 3 is 2.95 bits per heavy atom. The molecule has 0 saturated heterocycles. The summed E-state index contributed by atoms with van der Waals surface area (Å²) in [6, 6.07) is 6.88. The van der Waals surface area contributed by atoms with Crippen molar-refractivity contribution in [3.8, 4) is 0 Å². The second-order valence-electron chi connectivity index (χ2n) is 4.42. The highest BCUT2D eigenvalue weighted by molar-refractivity contribution is 5.66. The highest BCUT2D eigenvalue weighted by Crippen LogP contribution is 2.16. The summed E-state index contributed by atoms with van der Waals surface area (Å²) in [5.74, 6) is 0.410. The molecule has 5 nitrogen and oxygen atoms in total. The summed E-state index contributed by atoms with van der Waals surface area (Å²) < 4.78 is 15.6. The van der Waals surface area contributed by atoms with Crippen LogP contribution in [0, 0.1) is 5.82 Å². The molecule has 1 aromatic carbocycles. The number of nitrogens with zero attached hydrogens (tertiary/aromatic N) is 3. The first-order valence-corrected chi connectivity index (χ1v) is 6.27. The van der Waals surface area contributed by atoms with Gasteiger partial charge in [0.15, 0.2) is 5.82 Å². The van der Waals surface area contributed by atoms with Gasteiger partial charge in [0.05, 0.1) is 6.20 Å². The van der Waals surface area contributed by atoms with Crippen LogP contribution in [0.2, 0.25) is 0 Å². The van der Waals surface area contributed by atoms with E-state index in [-0.39, 0.29) is 5.82 Å². The first kappa shape index (κ1) is 12.6. The lowest BCUT2D eigenvalue weighted by Gasteiger charge is -2.08. The SMILES string of the molecule is NCc1ccc(CNc2nccn3nccc23)c(F)c1. The quantitative estimate of drug-likeness (QED) is 0.761. The molecule has 0 bridgehead atoms. The molecule has 0 fully saturated rings. The van der Waals surface area contributed by atoms with E-state index in [0.717, 1.165) is 11.1 Å². The zero-order valence-electron chi connectivity index (χ0n) is 10.8. The molecular formula is C14H14FN5. The molecule has 0 atom stereocenters. The standard InChI is InChI=1S/C14H14FN5/c15-12-7-10(8-16)1-2-11(12)9-18-14-13-3-4-19-20(13)6-5-17-14/h1-7H,8-9,16H2,(H,17,18). The number of anilines is 1. The summed E-state index contributed by atoms with van der Waals surface area (Å²) in [5.41, 5.74) is 7.69. The van der Waals surface area contributed by atoms with Crippen molar-refractivity contribution < 1.29 is 4.39 Å². The van der Waals surface area contributed by atoms with Crippen molar-refractivity contribution in [2.45, 2.75) is 13.1 Å². The molecule has 3 aromatic rings.